The molecule has 2 N–H and O–H groups in total. The lowest BCUT2D eigenvalue weighted by molar-refractivity contribution is -0.136. The second-order valence-corrected chi connectivity index (χ2v) is 5.06. The predicted molar refractivity (Wildman–Crippen MR) is 83.9 cm³/mol. The lowest BCUT2D eigenvalue weighted by atomic mass is 10.2. The first-order valence-corrected chi connectivity index (χ1v) is 7.13. The third-order valence-electron chi connectivity index (χ3n) is 3.09. The SMILES string of the molecule is COc1ncccc1CNC(=O)C(=O)Nc1ccnn1C(C)C. The first kappa shape index (κ1) is 16.5. The van der Waals surface area contributed by atoms with Crippen molar-refractivity contribution >= 4 is 17.6 Å². The number of hydrogen-bond donors (Lipinski definition) is 2. The molecule has 23 heavy (non-hydrogen) atoms. The highest BCUT2D eigenvalue weighted by atomic mass is 16.5. The maximum absolute atomic E-state index is 11.9. The summed E-state index contributed by atoms with van der Waals surface area (Å²) in [5.74, 6) is -0.618. The second kappa shape index (κ2) is 7.39. The Balaban J connectivity index is 1.95. The number of ether oxygens (including phenoxy) is 1. The van der Waals surface area contributed by atoms with E-state index in [1.165, 1.54) is 7.11 Å². The van der Waals surface area contributed by atoms with Gasteiger partial charge in [-0.3, -0.25) is 9.59 Å². The van der Waals surface area contributed by atoms with Gasteiger partial charge in [-0.05, 0) is 19.9 Å². The highest BCUT2D eigenvalue weighted by Gasteiger charge is 2.17. The van der Waals surface area contributed by atoms with Gasteiger partial charge in [0.1, 0.15) is 5.82 Å². The molecule has 0 radical (unpaired) electrons. The Hall–Kier alpha value is -2.90. The van der Waals surface area contributed by atoms with E-state index in [9.17, 15) is 9.59 Å². The molecule has 0 saturated carbocycles. The normalized spacial score (nSPS) is 10.4. The summed E-state index contributed by atoms with van der Waals surface area (Å²) < 4.78 is 6.71. The molecule has 2 aromatic heterocycles. The van der Waals surface area contributed by atoms with E-state index in [1.54, 1.807) is 35.3 Å². The van der Waals surface area contributed by atoms with Crippen molar-refractivity contribution in [2.45, 2.75) is 26.4 Å². The molecule has 0 spiro atoms. The Kier molecular flexibility index (Phi) is 5.29. The van der Waals surface area contributed by atoms with E-state index in [1.807, 2.05) is 13.8 Å². The van der Waals surface area contributed by atoms with Crippen LogP contribution in [-0.4, -0.2) is 33.7 Å². The van der Waals surface area contributed by atoms with Crippen molar-refractivity contribution in [3.63, 3.8) is 0 Å². The van der Waals surface area contributed by atoms with Gasteiger partial charge in [0.15, 0.2) is 0 Å². The van der Waals surface area contributed by atoms with Gasteiger partial charge in [-0.1, -0.05) is 6.07 Å². The number of rotatable bonds is 5. The van der Waals surface area contributed by atoms with Crippen molar-refractivity contribution in [3.8, 4) is 5.88 Å². The molecule has 2 heterocycles. The molecule has 0 aliphatic carbocycles. The van der Waals surface area contributed by atoms with Crippen molar-refractivity contribution in [1.29, 1.82) is 0 Å². The number of pyridine rings is 1. The lowest BCUT2D eigenvalue weighted by Crippen LogP contribution is -2.35. The van der Waals surface area contributed by atoms with Crippen LogP contribution in [0.15, 0.2) is 30.6 Å². The van der Waals surface area contributed by atoms with Crippen LogP contribution in [-0.2, 0) is 16.1 Å². The van der Waals surface area contributed by atoms with Crippen LogP contribution in [0, 0.1) is 0 Å². The second-order valence-electron chi connectivity index (χ2n) is 5.06. The van der Waals surface area contributed by atoms with Gasteiger partial charge in [0.25, 0.3) is 0 Å². The Bertz CT molecular complexity index is 696. The molecular weight excluding hydrogens is 298 g/mol. The first-order valence-electron chi connectivity index (χ1n) is 7.13. The molecule has 2 amide bonds. The van der Waals surface area contributed by atoms with Gasteiger partial charge in [-0.2, -0.15) is 5.10 Å². The monoisotopic (exact) mass is 317 g/mol. The number of anilines is 1. The number of nitrogens with zero attached hydrogens (tertiary/aromatic N) is 3. The summed E-state index contributed by atoms with van der Waals surface area (Å²) in [5.41, 5.74) is 0.684. The van der Waals surface area contributed by atoms with Gasteiger partial charge in [-0.15, -0.1) is 0 Å². The Labute approximate surface area is 133 Å². The zero-order valence-electron chi connectivity index (χ0n) is 13.2. The molecule has 8 nitrogen and oxygen atoms in total. The van der Waals surface area contributed by atoms with Crippen LogP contribution in [0.25, 0.3) is 0 Å². The van der Waals surface area contributed by atoms with Crippen molar-refractivity contribution in [2.24, 2.45) is 0 Å². The molecule has 2 aromatic rings. The van der Waals surface area contributed by atoms with Crippen LogP contribution in [0.3, 0.4) is 0 Å². The van der Waals surface area contributed by atoms with E-state index in [2.05, 4.69) is 20.7 Å². The van der Waals surface area contributed by atoms with Gasteiger partial charge < -0.3 is 15.4 Å². The number of carbonyl (C=O) groups is 2. The van der Waals surface area contributed by atoms with Gasteiger partial charge >= 0.3 is 11.8 Å². The zero-order chi connectivity index (χ0) is 16.8. The molecule has 0 atom stereocenters. The average Bonchev–Trinajstić information content (AvgIpc) is 3.01. The van der Waals surface area contributed by atoms with Gasteiger partial charge in [0.05, 0.1) is 13.3 Å². The largest absolute Gasteiger partial charge is 0.481 e. The van der Waals surface area contributed by atoms with Crippen LogP contribution in [0.4, 0.5) is 5.82 Å². The summed E-state index contributed by atoms with van der Waals surface area (Å²) in [5, 5.41) is 9.16. The summed E-state index contributed by atoms with van der Waals surface area (Å²) in [4.78, 5) is 27.9. The number of carbonyl (C=O) groups excluding carboxylic acids is 2. The Morgan fingerprint density at radius 1 is 1.26 bits per heavy atom. The Morgan fingerprint density at radius 3 is 2.74 bits per heavy atom. The van der Waals surface area contributed by atoms with Gasteiger partial charge in [0, 0.05) is 30.4 Å². The minimum Gasteiger partial charge on any atom is -0.481 e. The van der Waals surface area contributed by atoms with Gasteiger partial charge in [0.2, 0.25) is 5.88 Å². The van der Waals surface area contributed by atoms with Crippen LogP contribution in [0.1, 0.15) is 25.5 Å². The van der Waals surface area contributed by atoms with Crippen molar-refractivity contribution in [1.82, 2.24) is 20.1 Å². The van der Waals surface area contributed by atoms with E-state index in [0.717, 1.165) is 0 Å². The van der Waals surface area contributed by atoms with Crippen molar-refractivity contribution < 1.29 is 14.3 Å². The third kappa shape index (κ3) is 4.06. The number of methoxy groups -OCH3 is 1. The summed E-state index contributed by atoms with van der Waals surface area (Å²) in [6.45, 7) is 4.00. The number of aromatic nitrogens is 3. The van der Waals surface area contributed by atoms with Crippen LogP contribution >= 0.6 is 0 Å². The molecule has 122 valence electrons. The standard InChI is InChI=1S/C15H19N5O3/c1-10(2)20-12(6-8-18-20)19-14(22)13(21)17-9-11-5-4-7-16-15(11)23-3/h4-8,10H,9H2,1-3H3,(H,17,21)(H,19,22). The highest BCUT2D eigenvalue weighted by Crippen LogP contribution is 2.14. The zero-order valence-corrected chi connectivity index (χ0v) is 13.2. The topological polar surface area (TPSA) is 98.1 Å². The fraction of sp³-hybridized carbons (Fsp3) is 0.333. The summed E-state index contributed by atoms with van der Waals surface area (Å²) in [6.07, 6.45) is 3.15. The Morgan fingerprint density at radius 2 is 2.04 bits per heavy atom. The highest BCUT2D eigenvalue weighted by molar-refractivity contribution is 6.39. The molecule has 2 rings (SSSR count). The van der Waals surface area contributed by atoms with Crippen molar-refractivity contribution in [2.75, 3.05) is 12.4 Å². The number of hydrogen-bond acceptors (Lipinski definition) is 5. The molecule has 0 fully saturated rings. The van der Waals surface area contributed by atoms with Crippen LogP contribution < -0.4 is 15.4 Å². The van der Waals surface area contributed by atoms with Crippen LogP contribution in [0.2, 0.25) is 0 Å². The molecular formula is C15H19N5O3. The van der Waals surface area contributed by atoms with Crippen LogP contribution in [0.5, 0.6) is 5.88 Å². The van der Waals surface area contributed by atoms with E-state index < -0.39 is 11.8 Å². The molecule has 8 heteroatoms. The van der Waals surface area contributed by atoms with E-state index in [-0.39, 0.29) is 12.6 Å². The average molecular weight is 317 g/mol. The summed E-state index contributed by atoms with van der Waals surface area (Å²) >= 11 is 0. The maximum Gasteiger partial charge on any atom is 0.314 e. The predicted octanol–water partition coefficient (Wildman–Crippen LogP) is 1.12. The molecule has 0 saturated heterocycles. The fourth-order valence-electron chi connectivity index (χ4n) is 2.00. The molecule has 0 bridgehead atoms. The quantitative estimate of drug-likeness (QED) is 0.805. The van der Waals surface area contributed by atoms with E-state index in [4.69, 9.17) is 4.74 Å². The fourth-order valence-corrected chi connectivity index (χ4v) is 2.00. The summed E-state index contributed by atoms with van der Waals surface area (Å²) in [7, 11) is 1.49. The van der Waals surface area contributed by atoms with Crippen molar-refractivity contribution in [3.05, 3.63) is 36.2 Å². The molecule has 0 aliphatic rings. The van der Waals surface area contributed by atoms with E-state index >= 15 is 0 Å². The first-order chi connectivity index (χ1) is 11.0. The minimum atomic E-state index is -0.754. The van der Waals surface area contributed by atoms with E-state index in [0.29, 0.717) is 17.3 Å². The van der Waals surface area contributed by atoms with Gasteiger partial charge in [-0.25, -0.2) is 9.67 Å². The summed E-state index contributed by atoms with van der Waals surface area (Å²) in [6, 6.07) is 5.20. The minimum absolute atomic E-state index is 0.0722. The number of amides is 2. The maximum atomic E-state index is 11.9. The lowest BCUT2D eigenvalue weighted by Gasteiger charge is -2.12. The smallest absolute Gasteiger partial charge is 0.314 e. The molecule has 0 unspecified atom stereocenters. The third-order valence-corrected chi connectivity index (χ3v) is 3.09. The molecule has 0 aromatic carbocycles. The number of nitrogens with one attached hydrogen (secondary N) is 2. The molecule has 0 aliphatic heterocycles.